The SMILES string of the molecule is O=C(NCCO)Nc1cccc(C(=O)N2CCc3ccccc32)c1. The van der Waals surface area contributed by atoms with Crippen molar-refractivity contribution in [2.24, 2.45) is 0 Å². The van der Waals surface area contributed by atoms with Crippen LogP contribution in [0.4, 0.5) is 16.2 Å². The van der Waals surface area contributed by atoms with E-state index in [0.29, 0.717) is 17.8 Å². The second-order valence-electron chi connectivity index (χ2n) is 5.52. The van der Waals surface area contributed by atoms with Crippen LogP contribution in [-0.4, -0.2) is 36.7 Å². The zero-order chi connectivity index (χ0) is 16.9. The lowest BCUT2D eigenvalue weighted by atomic mass is 10.1. The first-order valence-corrected chi connectivity index (χ1v) is 7.84. The van der Waals surface area contributed by atoms with Gasteiger partial charge in [0.2, 0.25) is 0 Å². The third-order valence-electron chi connectivity index (χ3n) is 3.90. The van der Waals surface area contributed by atoms with Gasteiger partial charge in [-0.2, -0.15) is 0 Å². The van der Waals surface area contributed by atoms with Gasteiger partial charge in [-0.05, 0) is 36.2 Å². The molecule has 0 unspecified atom stereocenters. The van der Waals surface area contributed by atoms with E-state index in [1.807, 2.05) is 24.3 Å². The van der Waals surface area contributed by atoms with Crippen LogP contribution in [0.15, 0.2) is 48.5 Å². The summed E-state index contributed by atoms with van der Waals surface area (Å²) in [7, 11) is 0. The van der Waals surface area contributed by atoms with Gasteiger partial charge in [0.25, 0.3) is 5.91 Å². The maximum atomic E-state index is 12.8. The Kier molecular flexibility index (Phi) is 4.77. The Bertz CT molecular complexity index is 761. The first-order chi connectivity index (χ1) is 11.7. The van der Waals surface area contributed by atoms with Crippen LogP contribution < -0.4 is 15.5 Å². The standard InChI is InChI=1S/C18H19N3O3/c22-11-9-19-18(24)20-15-6-3-5-14(12-15)17(23)21-10-8-13-4-1-2-7-16(13)21/h1-7,12,22H,8-11H2,(H2,19,20,24). The van der Waals surface area contributed by atoms with Crippen LogP contribution in [0.3, 0.4) is 0 Å². The zero-order valence-corrected chi connectivity index (χ0v) is 13.2. The molecular weight excluding hydrogens is 306 g/mol. The maximum absolute atomic E-state index is 12.8. The number of carbonyl (C=O) groups is 2. The molecule has 0 spiro atoms. The van der Waals surface area contributed by atoms with E-state index in [2.05, 4.69) is 10.6 Å². The molecule has 6 nitrogen and oxygen atoms in total. The molecule has 0 atom stereocenters. The molecule has 1 aliphatic heterocycles. The minimum Gasteiger partial charge on any atom is -0.395 e. The van der Waals surface area contributed by atoms with Crippen LogP contribution in [0.25, 0.3) is 0 Å². The van der Waals surface area contributed by atoms with Crippen LogP contribution in [0, 0.1) is 0 Å². The average molecular weight is 325 g/mol. The van der Waals surface area contributed by atoms with E-state index in [1.165, 1.54) is 5.56 Å². The molecule has 2 aromatic rings. The lowest BCUT2D eigenvalue weighted by Gasteiger charge is -2.18. The minimum absolute atomic E-state index is 0.0839. The van der Waals surface area contributed by atoms with Crippen molar-refractivity contribution in [1.29, 1.82) is 0 Å². The molecular formula is C18H19N3O3. The van der Waals surface area contributed by atoms with Gasteiger partial charge >= 0.3 is 6.03 Å². The zero-order valence-electron chi connectivity index (χ0n) is 13.2. The summed E-state index contributed by atoms with van der Waals surface area (Å²) < 4.78 is 0. The Morgan fingerprint density at radius 1 is 1.12 bits per heavy atom. The summed E-state index contributed by atoms with van der Waals surface area (Å²) in [6.07, 6.45) is 0.851. The summed E-state index contributed by atoms with van der Waals surface area (Å²) in [5.41, 5.74) is 3.17. The maximum Gasteiger partial charge on any atom is 0.319 e. The fourth-order valence-corrected chi connectivity index (χ4v) is 2.78. The number of hydrogen-bond donors (Lipinski definition) is 3. The number of hydrogen-bond acceptors (Lipinski definition) is 3. The van der Waals surface area contributed by atoms with Gasteiger partial charge in [-0.15, -0.1) is 0 Å². The van der Waals surface area contributed by atoms with Gasteiger partial charge in [-0.1, -0.05) is 24.3 Å². The topological polar surface area (TPSA) is 81.7 Å². The molecule has 1 aliphatic rings. The molecule has 2 aromatic carbocycles. The molecule has 0 fully saturated rings. The summed E-state index contributed by atoms with van der Waals surface area (Å²) >= 11 is 0. The van der Waals surface area contributed by atoms with Gasteiger partial charge in [0.1, 0.15) is 0 Å². The molecule has 1 heterocycles. The summed E-state index contributed by atoms with van der Waals surface area (Å²) in [5, 5.41) is 13.9. The molecule has 0 bridgehead atoms. The van der Waals surface area contributed by atoms with Crippen molar-refractivity contribution in [3.63, 3.8) is 0 Å². The first kappa shape index (κ1) is 16.0. The summed E-state index contributed by atoms with van der Waals surface area (Å²) in [5.74, 6) is -0.0839. The molecule has 0 aliphatic carbocycles. The van der Waals surface area contributed by atoms with Crippen LogP contribution in [0.1, 0.15) is 15.9 Å². The number of nitrogens with one attached hydrogen (secondary N) is 2. The smallest absolute Gasteiger partial charge is 0.319 e. The van der Waals surface area contributed by atoms with Crippen molar-refractivity contribution in [3.8, 4) is 0 Å². The van der Waals surface area contributed by atoms with Gasteiger partial charge in [0, 0.05) is 30.0 Å². The number of aliphatic hydroxyl groups excluding tert-OH is 1. The minimum atomic E-state index is -0.417. The molecule has 0 saturated carbocycles. The fraction of sp³-hybridized carbons (Fsp3) is 0.222. The first-order valence-electron chi connectivity index (χ1n) is 7.84. The molecule has 3 rings (SSSR count). The summed E-state index contributed by atoms with van der Waals surface area (Å²) in [6.45, 7) is 0.710. The monoisotopic (exact) mass is 325 g/mol. The van der Waals surface area contributed by atoms with E-state index in [0.717, 1.165) is 12.1 Å². The normalized spacial score (nSPS) is 12.6. The van der Waals surface area contributed by atoms with Gasteiger partial charge in [0.15, 0.2) is 0 Å². The largest absolute Gasteiger partial charge is 0.395 e. The van der Waals surface area contributed by atoms with Crippen molar-refractivity contribution in [2.45, 2.75) is 6.42 Å². The van der Waals surface area contributed by atoms with E-state index in [4.69, 9.17) is 5.11 Å². The number of benzene rings is 2. The lowest BCUT2D eigenvalue weighted by Crippen LogP contribution is -2.31. The van der Waals surface area contributed by atoms with Crippen LogP contribution >= 0.6 is 0 Å². The quantitative estimate of drug-likeness (QED) is 0.804. The molecule has 3 amide bonds. The molecule has 24 heavy (non-hydrogen) atoms. The highest BCUT2D eigenvalue weighted by molar-refractivity contribution is 6.08. The Morgan fingerprint density at radius 2 is 1.96 bits per heavy atom. The number of urea groups is 1. The number of aliphatic hydroxyl groups is 1. The Balaban J connectivity index is 1.75. The molecule has 0 saturated heterocycles. The number of para-hydroxylation sites is 1. The highest BCUT2D eigenvalue weighted by Gasteiger charge is 2.25. The van der Waals surface area contributed by atoms with Gasteiger partial charge in [0.05, 0.1) is 6.61 Å². The molecule has 0 radical (unpaired) electrons. The number of amides is 3. The fourth-order valence-electron chi connectivity index (χ4n) is 2.78. The van der Waals surface area contributed by atoms with Gasteiger partial charge < -0.3 is 20.6 Å². The Hall–Kier alpha value is -2.86. The van der Waals surface area contributed by atoms with Crippen molar-refractivity contribution >= 4 is 23.3 Å². The molecule has 0 aromatic heterocycles. The van der Waals surface area contributed by atoms with E-state index in [-0.39, 0.29) is 19.1 Å². The average Bonchev–Trinajstić information content (AvgIpc) is 3.03. The van der Waals surface area contributed by atoms with E-state index in [9.17, 15) is 9.59 Å². The Labute approximate surface area is 140 Å². The molecule has 124 valence electrons. The molecule has 6 heteroatoms. The number of nitrogens with zero attached hydrogens (tertiary/aromatic N) is 1. The van der Waals surface area contributed by atoms with Crippen molar-refractivity contribution in [1.82, 2.24) is 5.32 Å². The Morgan fingerprint density at radius 3 is 2.79 bits per heavy atom. The van der Waals surface area contributed by atoms with Crippen molar-refractivity contribution in [3.05, 3.63) is 59.7 Å². The highest BCUT2D eigenvalue weighted by Crippen LogP contribution is 2.29. The van der Waals surface area contributed by atoms with Gasteiger partial charge in [-0.3, -0.25) is 4.79 Å². The molecule has 3 N–H and O–H groups in total. The predicted octanol–water partition coefficient (Wildman–Crippen LogP) is 2.00. The van der Waals surface area contributed by atoms with E-state index >= 15 is 0 Å². The second kappa shape index (κ2) is 7.14. The highest BCUT2D eigenvalue weighted by atomic mass is 16.3. The van der Waals surface area contributed by atoms with E-state index in [1.54, 1.807) is 29.2 Å². The van der Waals surface area contributed by atoms with E-state index < -0.39 is 6.03 Å². The van der Waals surface area contributed by atoms with Crippen LogP contribution in [0.5, 0.6) is 0 Å². The number of fused-ring (bicyclic) bond motifs is 1. The lowest BCUT2D eigenvalue weighted by molar-refractivity contribution is 0.0989. The summed E-state index contributed by atoms with van der Waals surface area (Å²) in [4.78, 5) is 26.2. The third-order valence-corrected chi connectivity index (χ3v) is 3.90. The number of anilines is 2. The predicted molar refractivity (Wildman–Crippen MR) is 92.4 cm³/mol. The number of rotatable bonds is 4. The van der Waals surface area contributed by atoms with Crippen LogP contribution in [0.2, 0.25) is 0 Å². The third kappa shape index (κ3) is 3.38. The van der Waals surface area contributed by atoms with Crippen molar-refractivity contribution < 1.29 is 14.7 Å². The van der Waals surface area contributed by atoms with Gasteiger partial charge in [-0.25, -0.2) is 4.79 Å². The second-order valence-corrected chi connectivity index (χ2v) is 5.52. The van der Waals surface area contributed by atoms with Crippen LogP contribution in [-0.2, 0) is 6.42 Å². The summed E-state index contributed by atoms with van der Waals surface area (Å²) in [6, 6.07) is 14.3. The number of carbonyl (C=O) groups excluding carboxylic acids is 2. The van der Waals surface area contributed by atoms with Crippen molar-refractivity contribution in [2.75, 3.05) is 29.9 Å².